The third-order valence-corrected chi connectivity index (χ3v) is 10.1. The van der Waals surface area contributed by atoms with Gasteiger partial charge >= 0.3 is 0 Å². The molecule has 0 N–H and O–H groups in total. The second-order valence-corrected chi connectivity index (χ2v) is 12.6. The van der Waals surface area contributed by atoms with Crippen LogP contribution in [0.3, 0.4) is 0 Å². The molecule has 40 heavy (non-hydrogen) atoms. The number of likely N-dealkylation sites (tertiary alicyclic amines) is 1. The number of carbonyl (C=O) groups is 1. The number of para-hydroxylation sites is 1. The van der Waals surface area contributed by atoms with Gasteiger partial charge in [0.25, 0.3) is 5.91 Å². The molecule has 0 bridgehead atoms. The lowest BCUT2D eigenvalue weighted by Gasteiger charge is -2.52. The summed E-state index contributed by atoms with van der Waals surface area (Å²) in [5.41, 5.74) is 4.49. The van der Waals surface area contributed by atoms with E-state index < -0.39 is 5.82 Å². The van der Waals surface area contributed by atoms with E-state index in [1.807, 2.05) is 35.0 Å². The number of hydrogen-bond donors (Lipinski definition) is 0. The molecule has 202 valence electrons. The molecule has 4 aliphatic rings. The molecular weight excluding hydrogens is 503 g/mol. The minimum atomic E-state index is -0.401. The second kappa shape index (κ2) is 8.05. The summed E-state index contributed by atoms with van der Waals surface area (Å²) in [6.45, 7) is 2.17. The number of hydrogen-bond acceptors (Lipinski definition) is 3. The highest BCUT2D eigenvalue weighted by Gasteiger charge is 2.61. The van der Waals surface area contributed by atoms with Gasteiger partial charge < -0.3 is 14.0 Å². The average Bonchev–Trinajstić information content (AvgIpc) is 3.39. The van der Waals surface area contributed by atoms with Crippen molar-refractivity contribution in [1.82, 2.24) is 28.8 Å². The van der Waals surface area contributed by atoms with E-state index in [0.717, 1.165) is 47.9 Å². The number of aromatic nitrogens is 5. The van der Waals surface area contributed by atoms with E-state index >= 15 is 4.39 Å². The molecule has 4 fully saturated rings. The Bertz CT molecular complexity index is 1840. The van der Waals surface area contributed by atoms with Gasteiger partial charge in [-0.3, -0.25) is 9.48 Å². The molecule has 1 amide bonds. The third-order valence-electron chi connectivity index (χ3n) is 10.1. The minimum Gasteiger partial charge on any atom is -0.338 e. The Morgan fingerprint density at radius 3 is 2.73 bits per heavy atom. The van der Waals surface area contributed by atoms with Crippen LogP contribution in [0.5, 0.6) is 0 Å². The maximum Gasteiger partial charge on any atom is 0.254 e. The highest BCUT2D eigenvalue weighted by atomic mass is 19.1. The number of halogens is 1. The number of carbonyl (C=O) groups excluding carboxylic acids is 1. The van der Waals surface area contributed by atoms with Crippen LogP contribution in [0, 0.1) is 29.5 Å². The van der Waals surface area contributed by atoms with Gasteiger partial charge in [0.05, 0.1) is 24.0 Å². The number of fused-ring (bicyclic) bond motifs is 2. The van der Waals surface area contributed by atoms with E-state index in [0.29, 0.717) is 46.9 Å². The lowest BCUT2D eigenvalue weighted by molar-refractivity contribution is -0.0204. The van der Waals surface area contributed by atoms with Gasteiger partial charge in [-0.2, -0.15) is 5.10 Å². The first kappa shape index (κ1) is 22.8. The zero-order chi connectivity index (χ0) is 26.7. The van der Waals surface area contributed by atoms with Crippen molar-refractivity contribution < 1.29 is 9.18 Å². The summed E-state index contributed by atoms with van der Waals surface area (Å²) in [4.78, 5) is 20.8. The van der Waals surface area contributed by atoms with Gasteiger partial charge in [0.1, 0.15) is 11.3 Å². The Balaban J connectivity index is 1.20. The predicted octanol–water partition coefficient (Wildman–Crippen LogP) is 5.47. The Kier molecular flexibility index (Phi) is 4.60. The molecule has 3 aromatic heterocycles. The SMILES string of the molecule is Cn1cc(Cn2c(-c3cc4ccccc4n3CC3CC3)nc3cc(C(=O)N4CC5CC6CC4[C@H]65)cc(F)c32)cn1. The van der Waals surface area contributed by atoms with Crippen LogP contribution in [0.2, 0.25) is 0 Å². The van der Waals surface area contributed by atoms with Crippen molar-refractivity contribution in [1.29, 1.82) is 0 Å². The number of benzene rings is 2. The molecule has 3 aliphatic carbocycles. The molecule has 9 rings (SSSR count). The van der Waals surface area contributed by atoms with Crippen LogP contribution in [0.1, 0.15) is 41.6 Å². The maximum atomic E-state index is 16.1. The van der Waals surface area contributed by atoms with Gasteiger partial charge in [-0.1, -0.05) is 18.2 Å². The first-order valence-electron chi connectivity index (χ1n) is 14.6. The summed E-state index contributed by atoms with van der Waals surface area (Å²) in [7, 11) is 1.89. The average molecular weight is 535 g/mol. The smallest absolute Gasteiger partial charge is 0.254 e. The molecule has 7 nitrogen and oxygen atoms in total. The van der Waals surface area contributed by atoms with Crippen molar-refractivity contribution in [3.63, 3.8) is 0 Å². The van der Waals surface area contributed by atoms with Crippen LogP contribution in [-0.4, -0.2) is 47.3 Å². The normalized spacial score (nSPS) is 24.9. The molecule has 1 aliphatic heterocycles. The Hall–Kier alpha value is -3.94. The third kappa shape index (κ3) is 3.25. The van der Waals surface area contributed by atoms with Crippen LogP contribution >= 0.6 is 0 Å². The van der Waals surface area contributed by atoms with Gasteiger partial charge in [-0.05, 0) is 73.6 Å². The quantitative estimate of drug-likeness (QED) is 0.290. The summed E-state index contributed by atoms with van der Waals surface area (Å²) < 4.78 is 22.2. The summed E-state index contributed by atoms with van der Waals surface area (Å²) >= 11 is 0. The Morgan fingerprint density at radius 2 is 1.95 bits per heavy atom. The van der Waals surface area contributed by atoms with Gasteiger partial charge in [0.15, 0.2) is 5.82 Å². The van der Waals surface area contributed by atoms with Crippen LogP contribution in [0.15, 0.2) is 54.9 Å². The fraction of sp³-hybridized carbons (Fsp3) is 0.406. The standard InChI is InChI=1S/C32H31FN6O/c1-36-14-19(13-34-36)16-39-30-24(33)9-22(32(40)38-17-23-8-21-12-27(38)29(21)23)10-25(30)35-31(39)28-11-20-4-2-3-5-26(20)37(28)15-18-6-7-18/h2-5,9-11,13-14,18,21,23,27,29H,6-8,12,15-17H2,1H3/t21?,23?,27?,29-/m1/s1. The molecule has 0 spiro atoms. The number of aryl methyl sites for hydroxylation is 1. The molecule has 5 aromatic rings. The minimum absolute atomic E-state index is 0.0511. The molecular formula is C32H31FN6O. The summed E-state index contributed by atoms with van der Waals surface area (Å²) in [6.07, 6.45) is 8.59. The Labute approximate surface area is 231 Å². The summed E-state index contributed by atoms with van der Waals surface area (Å²) in [5, 5.41) is 5.50. The fourth-order valence-electron chi connectivity index (χ4n) is 7.94. The molecule has 0 radical (unpaired) electrons. The van der Waals surface area contributed by atoms with E-state index in [1.54, 1.807) is 4.68 Å². The van der Waals surface area contributed by atoms with Gasteiger partial charge in [0.2, 0.25) is 0 Å². The van der Waals surface area contributed by atoms with Crippen molar-refractivity contribution in [3.8, 4) is 11.5 Å². The van der Waals surface area contributed by atoms with Crippen molar-refractivity contribution in [2.75, 3.05) is 6.54 Å². The van der Waals surface area contributed by atoms with Crippen molar-refractivity contribution in [2.24, 2.45) is 30.7 Å². The number of imidazole rings is 1. The van der Waals surface area contributed by atoms with Crippen molar-refractivity contribution >= 4 is 27.8 Å². The molecule has 8 heteroatoms. The van der Waals surface area contributed by atoms with E-state index in [1.165, 1.54) is 30.8 Å². The molecule has 4 heterocycles. The molecule has 2 aromatic carbocycles. The fourth-order valence-corrected chi connectivity index (χ4v) is 7.94. The Morgan fingerprint density at radius 1 is 1.07 bits per heavy atom. The maximum absolute atomic E-state index is 16.1. The molecule has 1 saturated heterocycles. The zero-order valence-electron chi connectivity index (χ0n) is 22.5. The lowest BCUT2D eigenvalue weighted by Crippen LogP contribution is -2.53. The molecule has 4 atom stereocenters. The van der Waals surface area contributed by atoms with Gasteiger partial charge in [0, 0.05) is 54.4 Å². The number of amides is 1. The van der Waals surface area contributed by atoms with Crippen LogP contribution < -0.4 is 0 Å². The van der Waals surface area contributed by atoms with E-state index in [4.69, 9.17) is 4.98 Å². The van der Waals surface area contributed by atoms with Crippen molar-refractivity contribution in [2.45, 2.75) is 44.8 Å². The topological polar surface area (TPSA) is 60.9 Å². The van der Waals surface area contributed by atoms with E-state index in [2.05, 4.69) is 40.0 Å². The highest BCUT2D eigenvalue weighted by Crippen LogP contribution is 2.60. The first-order valence-corrected chi connectivity index (χ1v) is 14.6. The van der Waals surface area contributed by atoms with Crippen LogP contribution in [-0.2, 0) is 20.1 Å². The summed E-state index contributed by atoms with van der Waals surface area (Å²) in [5.74, 6) is 3.05. The highest BCUT2D eigenvalue weighted by molar-refractivity contribution is 5.99. The first-order chi connectivity index (χ1) is 19.5. The predicted molar refractivity (Wildman–Crippen MR) is 150 cm³/mol. The molecule has 3 saturated carbocycles. The van der Waals surface area contributed by atoms with Crippen LogP contribution in [0.4, 0.5) is 4.39 Å². The number of nitrogens with zero attached hydrogens (tertiary/aromatic N) is 6. The zero-order valence-corrected chi connectivity index (χ0v) is 22.5. The van der Waals surface area contributed by atoms with E-state index in [-0.39, 0.29) is 5.91 Å². The van der Waals surface area contributed by atoms with E-state index in [9.17, 15) is 4.79 Å². The van der Waals surface area contributed by atoms with Crippen molar-refractivity contribution in [3.05, 3.63) is 71.8 Å². The monoisotopic (exact) mass is 534 g/mol. The second-order valence-electron chi connectivity index (χ2n) is 12.6. The van der Waals surface area contributed by atoms with Gasteiger partial charge in [-0.25, -0.2) is 9.37 Å². The largest absolute Gasteiger partial charge is 0.338 e. The van der Waals surface area contributed by atoms with Crippen LogP contribution in [0.25, 0.3) is 33.5 Å². The van der Waals surface area contributed by atoms with Gasteiger partial charge in [-0.15, -0.1) is 0 Å². The summed E-state index contributed by atoms with van der Waals surface area (Å²) in [6, 6.07) is 14.2. The lowest BCUT2D eigenvalue weighted by atomic mass is 9.53. The molecule has 3 unspecified atom stereocenters. The number of rotatable bonds is 6.